The van der Waals surface area contributed by atoms with Gasteiger partial charge in [-0.1, -0.05) is 37.4 Å². The molecule has 0 saturated heterocycles. The Morgan fingerprint density at radius 1 is 1.35 bits per heavy atom. The van der Waals surface area contributed by atoms with Gasteiger partial charge in [0.1, 0.15) is 5.15 Å². The van der Waals surface area contributed by atoms with Crippen LogP contribution in [0.1, 0.15) is 53.8 Å². The predicted octanol–water partition coefficient (Wildman–Crippen LogP) is 6.17. The lowest BCUT2D eigenvalue weighted by atomic mass is 9.82. The van der Waals surface area contributed by atoms with Gasteiger partial charge in [0.15, 0.2) is 0 Å². The van der Waals surface area contributed by atoms with E-state index in [1.807, 2.05) is 17.4 Å². The van der Waals surface area contributed by atoms with Gasteiger partial charge in [-0.2, -0.15) is 0 Å². The molecule has 1 saturated carbocycles. The Labute approximate surface area is 167 Å². The maximum absolute atomic E-state index is 6.49. The number of aromatic nitrogens is 1. The third-order valence-electron chi connectivity index (χ3n) is 5.28. The molecule has 3 heterocycles. The summed E-state index contributed by atoms with van der Waals surface area (Å²) in [5.41, 5.74) is 9.98. The number of nitrogens with zero attached hydrogens (tertiary/aromatic N) is 1. The minimum absolute atomic E-state index is 0.264. The van der Waals surface area contributed by atoms with Crippen LogP contribution in [0.3, 0.4) is 0 Å². The summed E-state index contributed by atoms with van der Waals surface area (Å²) in [4.78, 5) is 7.44. The number of rotatable bonds is 5. The van der Waals surface area contributed by atoms with Gasteiger partial charge >= 0.3 is 0 Å². The lowest BCUT2D eigenvalue weighted by Crippen LogP contribution is -2.31. The van der Waals surface area contributed by atoms with Crippen molar-refractivity contribution in [3.05, 3.63) is 44.1 Å². The second-order valence-corrected chi connectivity index (χ2v) is 9.43. The lowest BCUT2D eigenvalue weighted by molar-refractivity contribution is 0.388. The first-order valence-electron chi connectivity index (χ1n) is 9.31. The molecular formula is C20H24ClN3S2. The van der Waals surface area contributed by atoms with E-state index < -0.39 is 0 Å². The van der Waals surface area contributed by atoms with Crippen molar-refractivity contribution in [3.8, 4) is 0 Å². The highest BCUT2D eigenvalue weighted by molar-refractivity contribution is 7.20. The fourth-order valence-corrected chi connectivity index (χ4v) is 6.32. The van der Waals surface area contributed by atoms with Crippen LogP contribution in [0.4, 0.5) is 5.69 Å². The summed E-state index contributed by atoms with van der Waals surface area (Å²) in [6.07, 6.45) is 5.80. The van der Waals surface area contributed by atoms with Gasteiger partial charge in [-0.25, -0.2) is 4.98 Å². The molecule has 1 aliphatic rings. The molecule has 0 spiro atoms. The zero-order valence-electron chi connectivity index (χ0n) is 14.9. The highest BCUT2D eigenvalue weighted by atomic mass is 35.5. The third kappa shape index (κ3) is 3.50. The van der Waals surface area contributed by atoms with Gasteiger partial charge in [0.25, 0.3) is 0 Å². The minimum Gasteiger partial charge on any atom is -0.379 e. The number of aryl methyl sites for hydroxylation is 1. The molecule has 138 valence electrons. The van der Waals surface area contributed by atoms with E-state index in [9.17, 15) is 0 Å². The molecule has 3 N–H and O–H groups in total. The second-order valence-electron chi connectivity index (χ2n) is 6.96. The molecule has 1 aliphatic carbocycles. The summed E-state index contributed by atoms with van der Waals surface area (Å²) in [6, 6.07) is 6.45. The maximum Gasteiger partial charge on any atom is 0.131 e. The summed E-state index contributed by atoms with van der Waals surface area (Å²) >= 11 is 10.0. The number of fused-ring (bicyclic) bond motifs is 1. The first-order chi connectivity index (χ1) is 12.7. The molecule has 6 heteroatoms. The Morgan fingerprint density at radius 3 is 2.92 bits per heavy atom. The Kier molecular flexibility index (Phi) is 5.50. The van der Waals surface area contributed by atoms with Gasteiger partial charge in [-0.05, 0) is 36.3 Å². The number of anilines is 1. The molecule has 0 bridgehead atoms. The molecule has 3 aromatic rings. The Morgan fingerprint density at radius 2 is 2.19 bits per heavy atom. The zero-order chi connectivity index (χ0) is 18.1. The van der Waals surface area contributed by atoms with Crippen LogP contribution in [0.5, 0.6) is 0 Å². The second kappa shape index (κ2) is 7.85. The Balaban J connectivity index is 1.75. The van der Waals surface area contributed by atoms with Crippen LogP contribution in [0.15, 0.2) is 23.6 Å². The highest BCUT2D eigenvalue weighted by Crippen LogP contribution is 2.44. The van der Waals surface area contributed by atoms with Gasteiger partial charge in [0.2, 0.25) is 0 Å². The predicted molar refractivity (Wildman–Crippen MR) is 115 cm³/mol. The molecule has 0 aliphatic heterocycles. The van der Waals surface area contributed by atoms with Crippen molar-refractivity contribution in [1.29, 1.82) is 0 Å². The number of hydrogen-bond donors (Lipinski definition) is 2. The quantitative estimate of drug-likeness (QED) is 0.499. The van der Waals surface area contributed by atoms with E-state index in [1.54, 1.807) is 11.3 Å². The van der Waals surface area contributed by atoms with Crippen LogP contribution in [-0.4, -0.2) is 11.0 Å². The van der Waals surface area contributed by atoms with Crippen molar-refractivity contribution >= 4 is 50.2 Å². The lowest BCUT2D eigenvalue weighted by Gasteiger charge is -2.28. The van der Waals surface area contributed by atoms with E-state index in [2.05, 4.69) is 29.8 Å². The number of nitrogens with one attached hydrogen (secondary N) is 1. The average molecular weight is 406 g/mol. The standard InChI is InChI=1S/C20H24ClN3S2/c1-2-13-18-20(26-19(13)14-7-3-4-8-15(14)22)16(10-17(21)24-18)23-11-12-6-5-9-25-12/h5-6,9-10,14-15H,2-4,7-8,11,22H2,1H3,(H,23,24)/t14-,15-/m0/s1. The van der Waals surface area contributed by atoms with Crippen LogP contribution >= 0.6 is 34.3 Å². The van der Waals surface area contributed by atoms with Crippen molar-refractivity contribution in [3.63, 3.8) is 0 Å². The number of nitrogens with two attached hydrogens (primary N) is 1. The van der Waals surface area contributed by atoms with E-state index in [1.165, 1.54) is 39.3 Å². The fraction of sp³-hybridized carbons (Fsp3) is 0.450. The Hall–Kier alpha value is -1.14. The topological polar surface area (TPSA) is 50.9 Å². The molecule has 3 nitrogen and oxygen atoms in total. The van der Waals surface area contributed by atoms with Crippen molar-refractivity contribution < 1.29 is 0 Å². The van der Waals surface area contributed by atoms with Crippen molar-refractivity contribution in [2.24, 2.45) is 5.73 Å². The molecule has 26 heavy (non-hydrogen) atoms. The van der Waals surface area contributed by atoms with E-state index in [4.69, 9.17) is 22.3 Å². The van der Waals surface area contributed by atoms with Gasteiger partial charge < -0.3 is 11.1 Å². The minimum atomic E-state index is 0.264. The van der Waals surface area contributed by atoms with Gasteiger partial charge in [-0.3, -0.25) is 0 Å². The largest absolute Gasteiger partial charge is 0.379 e. The SMILES string of the molecule is CCc1c([C@H]2CCCC[C@@H]2N)sc2c(NCc3cccs3)cc(Cl)nc12. The zero-order valence-corrected chi connectivity index (χ0v) is 17.3. The number of hydrogen-bond acceptors (Lipinski definition) is 5. The van der Waals surface area contributed by atoms with Crippen LogP contribution in [0.25, 0.3) is 10.2 Å². The smallest absolute Gasteiger partial charge is 0.131 e. The van der Waals surface area contributed by atoms with Crippen molar-refractivity contribution in [2.45, 2.75) is 57.5 Å². The first-order valence-corrected chi connectivity index (χ1v) is 11.4. The number of thiophene rings is 2. The molecule has 0 aromatic carbocycles. The molecule has 1 fully saturated rings. The maximum atomic E-state index is 6.49. The molecule has 0 radical (unpaired) electrons. The van der Waals surface area contributed by atoms with Gasteiger partial charge in [0, 0.05) is 34.3 Å². The molecule has 2 atom stereocenters. The summed E-state index contributed by atoms with van der Waals surface area (Å²) in [6.45, 7) is 3.02. The van der Waals surface area contributed by atoms with Crippen LogP contribution < -0.4 is 11.1 Å². The summed E-state index contributed by atoms with van der Waals surface area (Å²) in [5.74, 6) is 0.460. The molecule has 0 unspecified atom stereocenters. The molecule has 4 rings (SSSR count). The Bertz CT molecular complexity index is 888. The van der Waals surface area contributed by atoms with Gasteiger partial charge in [0.05, 0.1) is 15.9 Å². The van der Waals surface area contributed by atoms with Crippen LogP contribution in [0, 0.1) is 0 Å². The van der Waals surface area contributed by atoms with Crippen molar-refractivity contribution in [1.82, 2.24) is 4.98 Å². The summed E-state index contributed by atoms with van der Waals surface area (Å²) < 4.78 is 1.22. The molecule has 3 aromatic heterocycles. The number of pyridine rings is 1. The van der Waals surface area contributed by atoms with E-state index in [0.717, 1.165) is 30.6 Å². The van der Waals surface area contributed by atoms with E-state index in [0.29, 0.717) is 11.1 Å². The first kappa shape index (κ1) is 18.2. The molecular weight excluding hydrogens is 382 g/mol. The highest BCUT2D eigenvalue weighted by Gasteiger charge is 2.28. The number of halogens is 1. The van der Waals surface area contributed by atoms with Crippen LogP contribution in [0.2, 0.25) is 5.15 Å². The van der Waals surface area contributed by atoms with Crippen LogP contribution in [-0.2, 0) is 13.0 Å². The average Bonchev–Trinajstić information content (AvgIpc) is 3.27. The molecule has 0 amide bonds. The monoisotopic (exact) mass is 405 g/mol. The van der Waals surface area contributed by atoms with Gasteiger partial charge in [-0.15, -0.1) is 22.7 Å². The van der Waals surface area contributed by atoms with E-state index >= 15 is 0 Å². The van der Waals surface area contributed by atoms with E-state index in [-0.39, 0.29) is 6.04 Å². The normalized spacial score (nSPS) is 20.6. The van der Waals surface area contributed by atoms with Crippen molar-refractivity contribution in [2.75, 3.05) is 5.32 Å². The third-order valence-corrected chi connectivity index (χ3v) is 7.74. The fourth-order valence-electron chi connectivity index (χ4n) is 3.95. The summed E-state index contributed by atoms with van der Waals surface area (Å²) in [5, 5.41) is 6.23. The summed E-state index contributed by atoms with van der Waals surface area (Å²) in [7, 11) is 0.